The van der Waals surface area contributed by atoms with Gasteiger partial charge in [0.1, 0.15) is 0 Å². The fraction of sp³-hybridized carbons (Fsp3) is 0.0714. The topological polar surface area (TPSA) is 47.6 Å². The van der Waals surface area contributed by atoms with Gasteiger partial charge in [0, 0.05) is 15.7 Å². The molecular formula is C14H9BrClNO3. The fourth-order valence-corrected chi connectivity index (χ4v) is 2.53. The molecule has 1 heterocycles. The zero-order valence-electron chi connectivity index (χ0n) is 10.2. The first-order valence-corrected chi connectivity index (χ1v) is 6.96. The van der Waals surface area contributed by atoms with Crippen molar-refractivity contribution in [1.82, 2.24) is 0 Å². The maximum atomic E-state index is 12.2. The minimum absolute atomic E-state index is 0.117. The van der Waals surface area contributed by atoms with Crippen LogP contribution in [0.1, 0.15) is 10.4 Å². The van der Waals surface area contributed by atoms with E-state index in [1.807, 2.05) is 18.2 Å². The van der Waals surface area contributed by atoms with Gasteiger partial charge < -0.3 is 14.8 Å². The summed E-state index contributed by atoms with van der Waals surface area (Å²) < 4.78 is 11.3. The van der Waals surface area contributed by atoms with Gasteiger partial charge in [-0.05, 0) is 30.3 Å². The summed E-state index contributed by atoms with van der Waals surface area (Å²) in [6.45, 7) is 0.117. The van der Waals surface area contributed by atoms with Crippen LogP contribution >= 0.6 is 27.5 Å². The molecule has 0 saturated carbocycles. The van der Waals surface area contributed by atoms with E-state index in [-0.39, 0.29) is 12.7 Å². The van der Waals surface area contributed by atoms with E-state index in [0.717, 1.165) is 4.47 Å². The van der Waals surface area contributed by atoms with Crippen molar-refractivity contribution in [3.63, 3.8) is 0 Å². The van der Waals surface area contributed by atoms with Crippen LogP contribution < -0.4 is 14.8 Å². The van der Waals surface area contributed by atoms with Crippen LogP contribution in [0.3, 0.4) is 0 Å². The second-order valence-corrected chi connectivity index (χ2v) is 5.48. The molecule has 0 unspecified atom stereocenters. The van der Waals surface area contributed by atoms with Crippen molar-refractivity contribution in [2.75, 3.05) is 12.1 Å². The summed E-state index contributed by atoms with van der Waals surface area (Å²) in [4.78, 5) is 12.2. The van der Waals surface area contributed by atoms with Gasteiger partial charge in [0.2, 0.25) is 6.79 Å². The van der Waals surface area contributed by atoms with E-state index < -0.39 is 0 Å². The number of amides is 1. The third-order valence-corrected chi connectivity index (χ3v) is 3.55. The van der Waals surface area contributed by atoms with Crippen molar-refractivity contribution in [3.8, 4) is 11.5 Å². The molecule has 2 aromatic carbocycles. The molecule has 0 aromatic heterocycles. The molecular weight excluding hydrogens is 346 g/mol. The summed E-state index contributed by atoms with van der Waals surface area (Å²) in [6, 6.07) is 10.5. The monoisotopic (exact) mass is 353 g/mol. The Bertz CT molecular complexity index is 690. The number of ether oxygens (including phenoxy) is 2. The molecule has 4 nitrogen and oxygen atoms in total. The number of benzene rings is 2. The van der Waals surface area contributed by atoms with Crippen LogP contribution in [0.15, 0.2) is 40.9 Å². The molecule has 0 bridgehead atoms. The molecule has 102 valence electrons. The average Bonchev–Trinajstić information content (AvgIpc) is 2.87. The lowest BCUT2D eigenvalue weighted by molar-refractivity contribution is 0.102. The first-order valence-electron chi connectivity index (χ1n) is 5.79. The first-order chi connectivity index (χ1) is 9.63. The molecule has 1 amide bonds. The second kappa shape index (κ2) is 5.34. The molecule has 0 fully saturated rings. The molecule has 1 N–H and O–H groups in total. The van der Waals surface area contributed by atoms with Crippen LogP contribution in [-0.2, 0) is 0 Å². The summed E-state index contributed by atoms with van der Waals surface area (Å²) in [5, 5.41) is 3.15. The van der Waals surface area contributed by atoms with E-state index in [9.17, 15) is 4.79 Å². The zero-order valence-corrected chi connectivity index (χ0v) is 12.5. The normalized spacial score (nSPS) is 12.3. The Labute approximate surface area is 128 Å². The Morgan fingerprint density at radius 3 is 2.90 bits per heavy atom. The SMILES string of the molecule is O=C(Nc1cccc(Br)c1)c1cc(Cl)c2c(c1)OCO2. The number of nitrogens with one attached hydrogen (secondary N) is 1. The van der Waals surface area contributed by atoms with Crippen LogP contribution in [0, 0.1) is 0 Å². The highest BCUT2D eigenvalue weighted by Gasteiger charge is 2.20. The van der Waals surface area contributed by atoms with Crippen molar-refractivity contribution < 1.29 is 14.3 Å². The number of hydrogen-bond donors (Lipinski definition) is 1. The number of hydrogen-bond acceptors (Lipinski definition) is 3. The third-order valence-electron chi connectivity index (χ3n) is 2.77. The third kappa shape index (κ3) is 2.59. The fourth-order valence-electron chi connectivity index (χ4n) is 1.87. The van der Waals surface area contributed by atoms with Crippen molar-refractivity contribution in [2.24, 2.45) is 0 Å². The van der Waals surface area contributed by atoms with Crippen molar-refractivity contribution in [3.05, 3.63) is 51.5 Å². The second-order valence-electron chi connectivity index (χ2n) is 4.16. The Morgan fingerprint density at radius 2 is 2.10 bits per heavy atom. The Kier molecular flexibility index (Phi) is 3.54. The molecule has 20 heavy (non-hydrogen) atoms. The van der Waals surface area contributed by atoms with Gasteiger partial charge >= 0.3 is 0 Å². The van der Waals surface area contributed by atoms with E-state index in [1.54, 1.807) is 18.2 Å². The molecule has 0 saturated heterocycles. The van der Waals surface area contributed by atoms with Crippen LogP contribution in [0.5, 0.6) is 11.5 Å². The predicted octanol–water partition coefficient (Wildman–Crippen LogP) is 4.08. The minimum Gasteiger partial charge on any atom is -0.454 e. The number of halogens is 2. The highest BCUT2D eigenvalue weighted by molar-refractivity contribution is 9.10. The number of fused-ring (bicyclic) bond motifs is 1. The van der Waals surface area contributed by atoms with Gasteiger partial charge in [0.15, 0.2) is 11.5 Å². The van der Waals surface area contributed by atoms with Gasteiger partial charge in [-0.1, -0.05) is 33.6 Å². The summed E-state index contributed by atoms with van der Waals surface area (Å²) in [5.41, 5.74) is 1.11. The molecule has 2 aromatic rings. The Hall–Kier alpha value is -1.72. The molecule has 0 atom stereocenters. The van der Waals surface area contributed by atoms with E-state index in [2.05, 4.69) is 21.2 Å². The lowest BCUT2D eigenvalue weighted by Gasteiger charge is -2.07. The van der Waals surface area contributed by atoms with Crippen LogP contribution in [0.25, 0.3) is 0 Å². The highest BCUT2D eigenvalue weighted by atomic mass is 79.9. The predicted molar refractivity (Wildman–Crippen MR) is 79.7 cm³/mol. The van der Waals surface area contributed by atoms with Gasteiger partial charge in [0.05, 0.1) is 5.02 Å². The van der Waals surface area contributed by atoms with Gasteiger partial charge in [0.25, 0.3) is 5.91 Å². The molecule has 0 radical (unpaired) electrons. The zero-order chi connectivity index (χ0) is 14.1. The summed E-state index contributed by atoms with van der Waals surface area (Å²) in [6.07, 6.45) is 0. The first kappa shape index (κ1) is 13.3. The molecule has 1 aliphatic rings. The van der Waals surface area contributed by atoms with E-state index in [4.69, 9.17) is 21.1 Å². The van der Waals surface area contributed by atoms with Gasteiger partial charge in [-0.2, -0.15) is 0 Å². The van der Waals surface area contributed by atoms with Crippen LogP contribution in [-0.4, -0.2) is 12.7 Å². The quantitative estimate of drug-likeness (QED) is 0.884. The minimum atomic E-state index is -0.261. The van der Waals surface area contributed by atoms with E-state index in [1.165, 1.54) is 0 Å². The van der Waals surface area contributed by atoms with Crippen LogP contribution in [0.4, 0.5) is 5.69 Å². The standard InChI is InChI=1S/C14H9BrClNO3/c15-9-2-1-3-10(6-9)17-14(18)8-4-11(16)13-12(5-8)19-7-20-13/h1-6H,7H2,(H,17,18). The molecule has 3 rings (SSSR count). The van der Waals surface area contributed by atoms with Crippen LogP contribution in [0.2, 0.25) is 5.02 Å². The number of rotatable bonds is 2. The lowest BCUT2D eigenvalue weighted by Crippen LogP contribution is -2.11. The van der Waals surface area contributed by atoms with Crippen molar-refractivity contribution in [2.45, 2.75) is 0 Å². The summed E-state index contributed by atoms with van der Waals surface area (Å²) in [5.74, 6) is 0.700. The molecule has 0 aliphatic carbocycles. The Balaban J connectivity index is 1.86. The molecule has 0 spiro atoms. The van der Waals surface area contributed by atoms with Crippen molar-refractivity contribution >= 4 is 39.1 Å². The lowest BCUT2D eigenvalue weighted by atomic mass is 10.2. The molecule has 6 heteroatoms. The van der Waals surface area contributed by atoms with Gasteiger partial charge in [-0.25, -0.2) is 0 Å². The van der Waals surface area contributed by atoms with Gasteiger partial charge in [-0.15, -0.1) is 0 Å². The molecule has 1 aliphatic heterocycles. The summed E-state index contributed by atoms with van der Waals surface area (Å²) >= 11 is 9.41. The smallest absolute Gasteiger partial charge is 0.255 e. The number of anilines is 1. The van der Waals surface area contributed by atoms with E-state index >= 15 is 0 Å². The highest BCUT2D eigenvalue weighted by Crippen LogP contribution is 2.39. The van der Waals surface area contributed by atoms with Crippen molar-refractivity contribution in [1.29, 1.82) is 0 Å². The number of carbonyl (C=O) groups is 1. The largest absolute Gasteiger partial charge is 0.454 e. The Morgan fingerprint density at radius 1 is 1.25 bits per heavy atom. The van der Waals surface area contributed by atoms with E-state index in [0.29, 0.717) is 27.8 Å². The average molecular weight is 355 g/mol. The maximum absolute atomic E-state index is 12.2. The maximum Gasteiger partial charge on any atom is 0.255 e. The summed E-state index contributed by atoms with van der Waals surface area (Å²) in [7, 11) is 0. The van der Waals surface area contributed by atoms with Gasteiger partial charge in [-0.3, -0.25) is 4.79 Å². The number of carbonyl (C=O) groups excluding carboxylic acids is 1.